The van der Waals surface area contributed by atoms with Gasteiger partial charge in [0.15, 0.2) is 0 Å². The van der Waals surface area contributed by atoms with Crippen molar-refractivity contribution in [2.75, 3.05) is 19.6 Å². The average molecular weight is 386 g/mol. The standard InChI is InChI=1S/C23H28ClNO2/c1-3-13-25(14-4-2)16-18-10-9-17-11-12-19(15-21(17)18)27-23(26)20-7-5-6-8-22(20)24/h5-8,11-12,15,18H,3-4,9-10,13-14,16H2,1-2H3. The molecule has 0 spiro atoms. The van der Waals surface area contributed by atoms with Crippen molar-refractivity contribution in [3.05, 3.63) is 64.2 Å². The van der Waals surface area contributed by atoms with Gasteiger partial charge in [-0.2, -0.15) is 0 Å². The van der Waals surface area contributed by atoms with Crippen LogP contribution in [0.2, 0.25) is 5.02 Å². The topological polar surface area (TPSA) is 29.5 Å². The molecule has 1 aliphatic rings. The van der Waals surface area contributed by atoms with E-state index in [1.165, 1.54) is 30.4 Å². The highest BCUT2D eigenvalue weighted by molar-refractivity contribution is 6.33. The highest BCUT2D eigenvalue weighted by atomic mass is 35.5. The van der Waals surface area contributed by atoms with Crippen molar-refractivity contribution in [3.8, 4) is 5.75 Å². The summed E-state index contributed by atoms with van der Waals surface area (Å²) in [5, 5.41) is 0.413. The van der Waals surface area contributed by atoms with Crippen LogP contribution in [0, 0.1) is 0 Å². The van der Waals surface area contributed by atoms with E-state index in [0.717, 1.165) is 26.1 Å². The first kappa shape index (κ1) is 19.9. The molecule has 0 bridgehead atoms. The lowest BCUT2D eigenvalue weighted by molar-refractivity contribution is 0.0735. The second-order valence-corrected chi connectivity index (χ2v) is 7.67. The number of hydrogen-bond donors (Lipinski definition) is 0. The van der Waals surface area contributed by atoms with Crippen LogP contribution in [0.4, 0.5) is 0 Å². The van der Waals surface area contributed by atoms with Gasteiger partial charge >= 0.3 is 5.97 Å². The van der Waals surface area contributed by atoms with E-state index < -0.39 is 5.97 Å². The smallest absolute Gasteiger partial charge is 0.345 e. The summed E-state index contributed by atoms with van der Waals surface area (Å²) in [7, 11) is 0. The minimum absolute atomic E-state index is 0.397. The number of esters is 1. The lowest BCUT2D eigenvalue weighted by Crippen LogP contribution is -2.29. The number of carbonyl (C=O) groups is 1. The molecule has 1 aliphatic carbocycles. The molecule has 0 amide bonds. The van der Waals surface area contributed by atoms with Gasteiger partial charge in [0.2, 0.25) is 0 Å². The van der Waals surface area contributed by atoms with E-state index in [1.54, 1.807) is 24.3 Å². The Morgan fingerprint density at radius 1 is 1.15 bits per heavy atom. The summed E-state index contributed by atoms with van der Waals surface area (Å²) in [5.41, 5.74) is 3.11. The van der Waals surface area contributed by atoms with Crippen molar-refractivity contribution < 1.29 is 9.53 Å². The van der Waals surface area contributed by atoms with Crippen LogP contribution in [0.3, 0.4) is 0 Å². The first-order chi connectivity index (χ1) is 13.1. The molecule has 0 radical (unpaired) electrons. The van der Waals surface area contributed by atoms with E-state index >= 15 is 0 Å². The Morgan fingerprint density at radius 3 is 2.59 bits per heavy atom. The zero-order valence-electron chi connectivity index (χ0n) is 16.2. The van der Waals surface area contributed by atoms with Crippen molar-refractivity contribution in [1.29, 1.82) is 0 Å². The fourth-order valence-corrected chi connectivity index (χ4v) is 4.16. The Morgan fingerprint density at radius 2 is 1.89 bits per heavy atom. The maximum Gasteiger partial charge on any atom is 0.345 e. The number of rotatable bonds is 8. The van der Waals surface area contributed by atoms with Gasteiger partial charge in [-0.3, -0.25) is 0 Å². The number of halogens is 1. The molecular formula is C23H28ClNO2. The maximum absolute atomic E-state index is 12.4. The van der Waals surface area contributed by atoms with Gasteiger partial charge in [0.05, 0.1) is 10.6 Å². The van der Waals surface area contributed by atoms with Crippen LogP contribution in [0.5, 0.6) is 5.75 Å². The molecule has 1 atom stereocenters. The van der Waals surface area contributed by atoms with Crippen LogP contribution in [0.15, 0.2) is 42.5 Å². The number of carbonyl (C=O) groups excluding carboxylic acids is 1. The molecule has 4 heteroatoms. The molecule has 0 saturated heterocycles. The zero-order chi connectivity index (χ0) is 19.2. The quantitative estimate of drug-likeness (QED) is 0.430. The van der Waals surface area contributed by atoms with Gasteiger partial charge in [-0.25, -0.2) is 4.79 Å². The molecule has 0 fully saturated rings. The van der Waals surface area contributed by atoms with Crippen LogP contribution in [-0.4, -0.2) is 30.5 Å². The third-order valence-electron chi connectivity index (χ3n) is 5.18. The summed E-state index contributed by atoms with van der Waals surface area (Å²) >= 11 is 6.11. The van der Waals surface area contributed by atoms with E-state index in [1.807, 2.05) is 6.07 Å². The fraction of sp³-hybridized carbons (Fsp3) is 0.435. The zero-order valence-corrected chi connectivity index (χ0v) is 17.0. The van der Waals surface area contributed by atoms with Crippen LogP contribution < -0.4 is 4.74 Å². The number of nitrogens with zero attached hydrogens (tertiary/aromatic N) is 1. The number of hydrogen-bond acceptors (Lipinski definition) is 3. The monoisotopic (exact) mass is 385 g/mol. The highest BCUT2D eigenvalue weighted by Gasteiger charge is 2.25. The van der Waals surface area contributed by atoms with Gasteiger partial charge in [-0.1, -0.05) is 43.6 Å². The Balaban J connectivity index is 1.74. The molecule has 27 heavy (non-hydrogen) atoms. The van der Waals surface area contributed by atoms with Gasteiger partial charge in [0.25, 0.3) is 0 Å². The summed E-state index contributed by atoms with van der Waals surface area (Å²) in [5.74, 6) is 0.703. The summed E-state index contributed by atoms with van der Waals surface area (Å²) in [6, 6.07) is 13.0. The van der Waals surface area contributed by atoms with Crippen LogP contribution in [-0.2, 0) is 6.42 Å². The van der Waals surface area contributed by atoms with Crippen LogP contribution in [0.1, 0.15) is 60.5 Å². The first-order valence-electron chi connectivity index (χ1n) is 9.94. The van der Waals surface area contributed by atoms with E-state index in [2.05, 4.69) is 30.9 Å². The first-order valence-corrected chi connectivity index (χ1v) is 10.3. The second kappa shape index (κ2) is 9.38. The van der Waals surface area contributed by atoms with E-state index in [-0.39, 0.29) is 0 Å². The lowest BCUT2D eigenvalue weighted by atomic mass is 10.00. The second-order valence-electron chi connectivity index (χ2n) is 7.27. The Bertz CT molecular complexity index is 784. The van der Waals surface area contributed by atoms with Crippen molar-refractivity contribution in [1.82, 2.24) is 4.90 Å². The molecule has 1 unspecified atom stereocenters. The molecule has 0 aliphatic heterocycles. The molecule has 3 rings (SSSR count). The van der Waals surface area contributed by atoms with E-state index in [0.29, 0.717) is 22.3 Å². The van der Waals surface area contributed by atoms with Gasteiger partial charge < -0.3 is 9.64 Å². The summed E-state index contributed by atoms with van der Waals surface area (Å²) in [6.07, 6.45) is 4.62. The third-order valence-corrected chi connectivity index (χ3v) is 5.51. The lowest BCUT2D eigenvalue weighted by Gasteiger charge is -2.25. The van der Waals surface area contributed by atoms with Crippen LogP contribution in [0.25, 0.3) is 0 Å². The molecule has 0 N–H and O–H groups in total. The van der Waals surface area contributed by atoms with E-state index in [4.69, 9.17) is 16.3 Å². The van der Waals surface area contributed by atoms with E-state index in [9.17, 15) is 4.79 Å². The van der Waals surface area contributed by atoms with Crippen LogP contribution >= 0.6 is 11.6 Å². The SMILES string of the molecule is CCCN(CCC)CC1CCc2ccc(OC(=O)c3ccccc3Cl)cc21. The van der Waals surface area contributed by atoms with Crippen molar-refractivity contribution in [3.63, 3.8) is 0 Å². The van der Waals surface area contributed by atoms with Crippen molar-refractivity contribution in [2.45, 2.75) is 45.4 Å². The molecule has 0 heterocycles. The molecule has 144 valence electrons. The van der Waals surface area contributed by atoms with Gasteiger partial charge in [-0.15, -0.1) is 0 Å². The summed E-state index contributed by atoms with van der Waals surface area (Å²) in [4.78, 5) is 15.0. The summed E-state index contributed by atoms with van der Waals surface area (Å²) < 4.78 is 5.62. The number of aryl methyl sites for hydroxylation is 1. The largest absolute Gasteiger partial charge is 0.423 e. The molecule has 2 aromatic carbocycles. The summed E-state index contributed by atoms with van der Waals surface area (Å²) in [6.45, 7) is 7.83. The van der Waals surface area contributed by atoms with Gasteiger partial charge in [0, 0.05) is 6.54 Å². The predicted octanol–water partition coefficient (Wildman–Crippen LogP) is 5.71. The number of fused-ring (bicyclic) bond motifs is 1. The van der Waals surface area contributed by atoms with Crippen molar-refractivity contribution in [2.24, 2.45) is 0 Å². The predicted molar refractivity (Wildman–Crippen MR) is 111 cm³/mol. The van der Waals surface area contributed by atoms with Crippen molar-refractivity contribution >= 4 is 17.6 Å². The third kappa shape index (κ3) is 4.91. The minimum atomic E-state index is -0.409. The number of ether oxygens (including phenoxy) is 1. The Hall–Kier alpha value is -1.84. The fourth-order valence-electron chi connectivity index (χ4n) is 3.95. The van der Waals surface area contributed by atoms with Gasteiger partial charge in [0.1, 0.15) is 5.75 Å². The minimum Gasteiger partial charge on any atom is -0.423 e. The molecule has 0 aromatic heterocycles. The molecular weight excluding hydrogens is 358 g/mol. The Labute approximate surface area is 167 Å². The highest BCUT2D eigenvalue weighted by Crippen LogP contribution is 2.36. The average Bonchev–Trinajstić information content (AvgIpc) is 3.04. The van der Waals surface area contributed by atoms with Gasteiger partial charge in [-0.05, 0) is 80.1 Å². The normalized spacial score (nSPS) is 15.8. The molecule has 2 aromatic rings. The maximum atomic E-state index is 12.4. The molecule has 0 saturated carbocycles. The Kier molecular flexibility index (Phi) is 6.92. The molecule has 3 nitrogen and oxygen atoms in total. The number of benzene rings is 2.